The monoisotopic (exact) mass is 440 g/mol. The van der Waals surface area contributed by atoms with Crippen LogP contribution in [0.15, 0.2) is 42.0 Å². The lowest BCUT2D eigenvalue weighted by Gasteiger charge is -2.39. The molecule has 1 saturated carbocycles. The maximum Gasteiger partial charge on any atom is 0.275 e. The van der Waals surface area contributed by atoms with Crippen molar-refractivity contribution in [3.05, 3.63) is 59.1 Å². The third-order valence-corrected chi connectivity index (χ3v) is 6.54. The molecule has 0 saturated heterocycles. The van der Waals surface area contributed by atoms with Crippen molar-refractivity contribution in [1.29, 1.82) is 0 Å². The molecule has 1 aliphatic carbocycles. The van der Waals surface area contributed by atoms with Crippen LogP contribution in [0, 0.1) is 11.2 Å². The van der Waals surface area contributed by atoms with Gasteiger partial charge < -0.3 is 16.2 Å². The number of benzene rings is 1. The number of halogens is 1. The van der Waals surface area contributed by atoms with E-state index in [-0.39, 0.29) is 34.4 Å². The molecule has 2 unspecified atom stereocenters. The Balaban J connectivity index is 1.56. The van der Waals surface area contributed by atoms with E-state index < -0.39 is 11.7 Å². The van der Waals surface area contributed by atoms with Gasteiger partial charge in [-0.2, -0.15) is 0 Å². The summed E-state index contributed by atoms with van der Waals surface area (Å²) in [5.74, 6) is -0.739. The molecule has 31 heavy (non-hydrogen) atoms. The summed E-state index contributed by atoms with van der Waals surface area (Å²) in [6, 6.07) is 5.78. The van der Waals surface area contributed by atoms with Crippen LogP contribution in [0.2, 0.25) is 0 Å². The molecule has 1 aromatic carbocycles. The van der Waals surface area contributed by atoms with Gasteiger partial charge in [-0.1, -0.05) is 13.8 Å². The average Bonchev–Trinajstić information content (AvgIpc) is 3.19. The van der Waals surface area contributed by atoms with Gasteiger partial charge in [-0.05, 0) is 60.4 Å². The number of hydrogen-bond donors (Lipinski definition) is 3. The van der Waals surface area contributed by atoms with E-state index in [4.69, 9.17) is 5.73 Å². The van der Waals surface area contributed by atoms with Crippen LogP contribution in [0.1, 0.15) is 55.1 Å². The zero-order valence-electron chi connectivity index (χ0n) is 17.4. The Kier molecular flexibility index (Phi) is 5.77. The Bertz CT molecular complexity index is 1110. The van der Waals surface area contributed by atoms with Gasteiger partial charge in [0.15, 0.2) is 0 Å². The number of aromatic hydroxyl groups is 1. The standard InChI is InChI=1S/C23H25FN4O2S/c1-23(2)9-13(7-14(25)10-23)16-5-6-26-11-19(16)27-21(30)20-12-31-22(28-20)17-8-15(29)3-4-18(17)24/h3-6,8,11-14,29H,7,9-10,25H2,1-2H3,(H,27,30). The second-order valence-corrected chi connectivity index (χ2v) is 9.74. The minimum atomic E-state index is -0.509. The van der Waals surface area contributed by atoms with Gasteiger partial charge in [-0.15, -0.1) is 11.3 Å². The lowest BCUT2D eigenvalue weighted by molar-refractivity contribution is 0.102. The van der Waals surface area contributed by atoms with Crippen LogP contribution in [0.3, 0.4) is 0 Å². The number of hydrogen-bond acceptors (Lipinski definition) is 6. The highest BCUT2D eigenvalue weighted by Crippen LogP contribution is 2.44. The molecule has 162 valence electrons. The first-order valence-corrected chi connectivity index (χ1v) is 11.0. The van der Waals surface area contributed by atoms with Gasteiger partial charge in [0.05, 0.1) is 11.9 Å². The van der Waals surface area contributed by atoms with Gasteiger partial charge in [-0.3, -0.25) is 9.78 Å². The number of nitrogens with one attached hydrogen (secondary N) is 1. The molecule has 4 rings (SSSR count). The fraction of sp³-hybridized carbons (Fsp3) is 0.348. The van der Waals surface area contributed by atoms with Crippen LogP contribution in [-0.2, 0) is 0 Å². The topological polar surface area (TPSA) is 101 Å². The Morgan fingerprint density at radius 1 is 1.32 bits per heavy atom. The van der Waals surface area contributed by atoms with Crippen LogP contribution in [0.5, 0.6) is 5.75 Å². The van der Waals surface area contributed by atoms with Crippen molar-refractivity contribution in [2.45, 2.75) is 45.1 Å². The number of thiazole rings is 1. The minimum Gasteiger partial charge on any atom is -0.508 e. The Morgan fingerprint density at radius 2 is 2.13 bits per heavy atom. The summed E-state index contributed by atoms with van der Waals surface area (Å²) in [6.07, 6.45) is 6.18. The van der Waals surface area contributed by atoms with Gasteiger partial charge in [-0.25, -0.2) is 9.37 Å². The number of phenols is 1. The molecule has 2 aromatic heterocycles. The minimum absolute atomic E-state index is 0.0637. The number of carbonyl (C=O) groups excluding carboxylic acids is 1. The molecule has 0 spiro atoms. The maximum atomic E-state index is 14.1. The van der Waals surface area contributed by atoms with Gasteiger partial charge in [0.2, 0.25) is 0 Å². The van der Waals surface area contributed by atoms with Crippen LogP contribution in [-0.4, -0.2) is 27.0 Å². The van der Waals surface area contributed by atoms with Crippen molar-refractivity contribution in [3.63, 3.8) is 0 Å². The van der Waals surface area contributed by atoms with E-state index >= 15 is 0 Å². The first-order chi connectivity index (χ1) is 14.7. The molecular formula is C23H25FN4O2S. The molecule has 6 nitrogen and oxygen atoms in total. The Morgan fingerprint density at radius 3 is 2.90 bits per heavy atom. The fourth-order valence-electron chi connectivity index (χ4n) is 4.46. The van der Waals surface area contributed by atoms with Crippen molar-refractivity contribution in [3.8, 4) is 16.3 Å². The smallest absolute Gasteiger partial charge is 0.275 e. The summed E-state index contributed by atoms with van der Waals surface area (Å²) < 4.78 is 14.1. The summed E-state index contributed by atoms with van der Waals surface area (Å²) in [5, 5.41) is 14.4. The molecule has 1 amide bonds. The number of phenolic OH excluding ortho intramolecular Hbond substituents is 1. The third kappa shape index (κ3) is 4.75. The molecule has 1 fully saturated rings. The van der Waals surface area contributed by atoms with Crippen LogP contribution in [0.25, 0.3) is 10.6 Å². The number of nitrogens with zero attached hydrogens (tertiary/aromatic N) is 2. The summed E-state index contributed by atoms with van der Waals surface area (Å²) in [5.41, 5.74) is 8.42. The normalized spacial score (nSPS) is 20.4. The van der Waals surface area contributed by atoms with Gasteiger partial charge in [0, 0.05) is 23.2 Å². The molecule has 0 bridgehead atoms. The van der Waals surface area contributed by atoms with Crippen LogP contribution in [0.4, 0.5) is 10.1 Å². The van der Waals surface area contributed by atoms with Gasteiger partial charge in [0.1, 0.15) is 22.3 Å². The van der Waals surface area contributed by atoms with Crippen molar-refractivity contribution in [1.82, 2.24) is 9.97 Å². The fourth-order valence-corrected chi connectivity index (χ4v) is 5.28. The number of carbonyl (C=O) groups is 1. The molecule has 2 atom stereocenters. The van der Waals surface area contributed by atoms with E-state index in [2.05, 4.69) is 29.1 Å². The zero-order chi connectivity index (χ0) is 22.2. The number of amides is 1. The number of aromatic nitrogens is 2. The van der Waals surface area contributed by atoms with Crippen molar-refractivity contribution >= 4 is 22.9 Å². The van der Waals surface area contributed by atoms with E-state index in [0.29, 0.717) is 10.7 Å². The Labute approximate surface area is 184 Å². The van der Waals surface area contributed by atoms with Gasteiger partial charge in [0.25, 0.3) is 5.91 Å². The van der Waals surface area contributed by atoms with Crippen LogP contribution >= 0.6 is 11.3 Å². The molecule has 0 radical (unpaired) electrons. The third-order valence-electron chi connectivity index (χ3n) is 5.66. The highest BCUT2D eigenvalue weighted by molar-refractivity contribution is 7.13. The first kappa shape index (κ1) is 21.4. The predicted molar refractivity (Wildman–Crippen MR) is 120 cm³/mol. The summed E-state index contributed by atoms with van der Waals surface area (Å²) in [7, 11) is 0. The van der Waals surface area contributed by atoms with Crippen molar-refractivity contribution in [2.24, 2.45) is 11.1 Å². The van der Waals surface area contributed by atoms with E-state index in [1.54, 1.807) is 17.8 Å². The molecule has 2 heterocycles. The summed E-state index contributed by atoms with van der Waals surface area (Å²) in [4.78, 5) is 21.3. The Hall–Kier alpha value is -2.84. The van der Waals surface area contributed by atoms with Crippen molar-refractivity contribution < 1.29 is 14.3 Å². The van der Waals surface area contributed by atoms with Crippen LogP contribution < -0.4 is 11.1 Å². The average molecular weight is 441 g/mol. The van der Waals surface area contributed by atoms with E-state index in [9.17, 15) is 14.3 Å². The maximum absolute atomic E-state index is 14.1. The second-order valence-electron chi connectivity index (χ2n) is 8.88. The summed E-state index contributed by atoms with van der Waals surface area (Å²) >= 11 is 1.14. The number of rotatable bonds is 4. The molecule has 4 N–H and O–H groups in total. The lowest BCUT2D eigenvalue weighted by atomic mass is 9.68. The highest BCUT2D eigenvalue weighted by atomic mass is 32.1. The van der Waals surface area contributed by atoms with Crippen molar-refractivity contribution in [2.75, 3.05) is 5.32 Å². The molecule has 1 aliphatic rings. The predicted octanol–water partition coefficient (Wildman–Crippen LogP) is 4.92. The summed E-state index contributed by atoms with van der Waals surface area (Å²) in [6.45, 7) is 4.44. The largest absolute Gasteiger partial charge is 0.508 e. The second kappa shape index (κ2) is 8.36. The van der Waals surface area contributed by atoms with Gasteiger partial charge >= 0.3 is 0 Å². The zero-order valence-corrected chi connectivity index (χ0v) is 18.2. The van der Waals surface area contributed by atoms with E-state index in [1.807, 2.05) is 6.07 Å². The highest BCUT2D eigenvalue weighted by Gasteiger charge is 2.34. The SMILES string of the molecule is CC1(C)CC(N)CC(c2ccncc2NC(=O)c2csc(-c3cc(O)ccc3F)n2)C1. The quantitative estimate of drug-likeness (QED) is 0.534. The van der Waals surface area contributed by atoms with E-state index in [1.165, 1.54) is 18.2 Å². The van der Waals surface area contributed by atoms with E-state index in [0.717, 1.165) is 36.2 Å². The number of nitrogens with two attached hydrogens (primary N) is 1. The molecule has 8 heteroatoms. The lowest BCUT2D eigenvalue weighted by Crippen LogP contribution is -2.36. The number of pyridine rings is 1. The molecular weight excluding hydrogens is 415 g/mol. The molecule has 3 aromatic rings. The number of anilines is 1. The first-order valence-electron chi connectivity index (χ1n) is 10.2. The molecule has 0 aliphatic heterocycles.